The third-order valence-corrected chi connectivity index (χ3v) is 7.59. The second-order valence-electron chi connectivity index (χ2n) is 8.62. The smallest absolute Gasteiger partial charge is 0.422 e. The molecule has 40 heavy (non-hydrogen) atoms. The highest BCUT2D eigenvalue weighted by Crippen LogP contribution is 2.33. The predicted molar refractivity (Wildman–Crippen MR) is 128 cm³/mol. The molecule has 1 saturated heterocycles. The van der Waals surface area contributed by atoms with Gasteiger partial charge in [0.15, 0.2) is 6.61 Å². The molecular formula is C23H21F7N6O3S. The molecule has 1 aliphatic heterocycles. The summed E-state index contributed by atoms with van der Waals surface area (Å²) in [4.78, 5) is 11.6. The zero-order valence-electron chi connectivity index (χ0n) is 20.3. The maximum absolute atomic E-state index is 13.6. The van der Waals surface area contributed by atoms with Gasteiger partial charge in [-0.2, -0.15) is 45.6 Å². The Morgan fingerprint density at radius 3 is 2.20 bits per heavy atom. The lowest BCUT2D eigenvalue weighted by molar-refractivity contribution is -0.154. The maximum Gasteiger partial charge on any atom is 0.422 e. The number of benzene rings is 2. The van der Waals surface area contributed by atoms with E-state index in [1.807, 2.05) is 0 Å². The van der Waals surface area contributed by atoms with Gasteiger partial charge in [-0.05, 0) is 43.2 Å². The van der Waals surface area contributed by atoms with Crippen molar-refractivity contribution in [3.05, 3.63) is 59.9 Å². The van der Waals surface area contributed by atoms with Crippen LogP contribution in [-0.4, -0.2) is 59.6 Å². The highest BCUT2D eigenvalue weighted by molar-refractivity contribution is 7.89. The minimum atomic E-state index is -5.00. The summed E-state index contributed by atoms with van der Waals surface area (Å²) in [6.07, 6.45) is -9.17. The first-order valence-electron chi connectivity index (χ1n) is 11.6. The molecule has 2 N–H and O–H groups in total. The molecule has 0 atom stereocenters. The molecule has 0 bridgehead atoms. The summed E-state index contributed by atoms with van der Waals surface area (Å²) in [6, 6.07) is 8.61. The molecule has 1 fully saturated rings. The number of sulfonamides is 1. The number of nitrogens with one attached hydrogen (secondary N) is 2. The van der Waals surface area contributed by atoms with Crippen LogP contribution in [0.25, 0.3) is 0 Å². The number of ether oxygens (including phenoxy) is 1. The standard InChI is InChI=1S/C23H21F7N6O3S/c24-18-7-6-15(12-17(18)23(28,29)30)32-20-33-19(34-21(35-20)39-13-22(25,26)27)31-14-8-10-36(11-9-14)40(37,38)16-4-2-1-3-5-16/h1-7,12,14H,8-11,13H2,(H2,31,32,33,34,35). The van der Waals surface area contributed by atoms with E-state index < -0.39 is 58.4 Å². The Morgan fingerprint density at radius 2 is 1.57 bits per heavy atom. The number of hydrogen-bond acceptors (Lipinski definition) is 8. The van der Waals surface area contributed by atoms with E-state index in [1.54, 1.807) is 18.2 Å². The summed E-state index contributed by atoms with van der Waals surface area (Å²) >= 11 is 0. The minimum Gasteiger partial charge on any atom is -0.454 e. The van der Waals surface area contributed by atoms with Crippen LogP contribution in [0.2, 0.25) is 0 Å². The van der Waals surface area contributed by atoms with Crippen LogP contribution in [0.5, 0.6) is 6.01 Å². The Hall–Kier alpha value is -3.73. The molecule has 1 aliphatic rings. The fourth-order valence-electron chi connectivity index (χ4n) is 3.80. The second-order valence-corrected chi connectivity index (χ2v) is 10.6. The number of halogens is 7. The predicted octanol–water partition coefficient (Wildman–Crippen LogP) is 4.98. The lowest BCUT2D eigenvalue weighted by Gasteiger charge is -2.31. The molecule has 1 aromatic heterocycles. The van der Waals surface area contributed by atoms with E-state index >= 15 is 0 Å². The van der Waals surface area contributed by atoms with Crippen LogP contribution in [0.15, 0.2) is 53.4 Å². The number of nitrogens with zero attached hydrogens (tertiary/aromatic N) is 4. The number of rotatable bonds is 8. The van der Waals surface area contributed by atoms with Gasteiger partial charge in [0, 0.05) is 24.8 Å². The van der Waals surface area contributed by atoms with Gasteiger partial charge in [0.1, 0.15) is 5.82 Å². The molecule has 0 unspecified atom stereocenters. The molecule has 0 spiro atoms. The van der Waals surface area contributed by atoms with Gasteiger partial charge in [-0.1, -0.05) is 18.2 Å². The van der Waals surface area contributed by atoms with Crippen LogP contribution in [0.4, 0.5) is 48.3 Å². The monoisotopic (exact) mass is 594 g/mol. The lowest BCUT2D eigenvalue weighted by Crippen LogP contribution is -2.42. The van der Waals surface area contributed by atoms with Crippen LogP contribution in [-0.2, 0) is 16.2 Å². The molecule has 216 valence electrons. The molecule has 17 heteroatoms. The number of piperidine rings is 1. The van der Waals surface area contributed by atoms with Gasteiger partial charge in [-0.25, -0.2) is 12.8 Å². The van der Waals surface area contributed by atoms with Crippen molar-refractivity contribution >= 4 is 27.6 Å². The van der Waals surface area contributed by atoms with Gasteiger partial charge in [-0.3, -0.25) is 0 Å². The normalized spacial score (nSPS) is 15.6. The molecule has 9 nitrogen and oxygen atoms in total. The molecule has 2 aromatic carbocycles. The summed E-state index contributed by atoms with van der Waals surface area (Å²) in [7, 11) is -3.72. The quantitative estimate of drug-likeness (QED) is 0.352. The van der Waals surface area contributed by atoms with E-state index in [9.17, 15) is 39.2 Å². The van der Waals surface area contributed by atoms with Crippen molar-refractivity contribution in [2.45, 2.75) is 36.1 Å². The van der Waals surface area contributed by atoms with Gasteiger partial charge in [0.05, 0.1) is 10.5 Å². The lowest BCUT2D eigenvalue weighted by atomic mass is 10.1. The third kappa shape index (κ3) is 7.47. The zero-order valence-corrected chi connectivity index (χ0v) is 21.1. The molecule has 0 saturated carbocycles. The van der Waals surface area contributed by atoms with Crippen molar-refractivity contribution in [2.75, 3.05) is 30.3 Å². The topological polar surface area (TPSA) is 109 Å². The fourth-order valence-corrected chi connectivity index (χ4v) is 5.29. The SMILES string of the molecule is O=S(=O)(c1ccccc1)N1CCC(Nc2nc(Nc3ccc(F)c(C(F)(F)F)c3)nc(OCC(F)(F)F)n2)CC1. The second kappa shape index (κ2) is 11.4. The average molecular weight is 595 g/mol. The zero-order chi connectivity index (χ0) is 29.1. The van der Waals surface area contributed by atoms with Gasteiger partial charge >= 0.3 is 18.4 Å². The average Bonchev–Trinajstić information content (AvgIpc) is 2.88. The summed E-state index contributed by atoms with van der Waals surface area (Å²) in [5, 5.41) is 5.26. The summed E-state index contributed by atoms with van der Waals surface area (Å²) < 4.78 is 123. The van der Waals surface area contributed by atoms with Crippen molar-refractivity contribution in [3.63, 3.8) is 0 Å². The minimum absolute atomic E-state index is 0.123. The van der Waals surface area contributed by atoms with E-state index in [1.165, 1.54) is 16.4 Å². The summed E-state index contributed by atoms with van der Waals surface area (Å²) in [6.45, 7) is -1.50. The first kappa shape index (κ1) is 29.3. The largest absolute Gasteiger partial charge is 0.454 e. The number of aromatic nitrogens is 3. The Balaban J connectivity index is 1.51. The Kier molecular flexibility index (Phi) is 8.34. The van der Waals surface area contributed by atoms with Crippen molar-refractivity contribution < 1.29 is 43.9 Å². The molecule has 0 aliphatic carbocycles. The molecular weight excluding hydrogens is 573 g/mol. The third-order valence-electron chi connectivity index (χ3n) is 5.68. The Labute approximate surface area is 223 Å². The van der Waals surface area contributed by atoms with E-state index in [-0.39, 0.29) is 42.5 Å². The Bertz CT molecular complexity index is 1430. The number of alkyl halides is 6. The maximum atomic E-state index is 13.6. The van der Waals surface area contributed by atoms with Gasteiger partial charge in [0.25, 0.3) is 0 Å². The summed E-state index contributed by atoms with van der Waals surface area (Å²) in [5.74, 6) is -2.26. The van der Waals surface area contributed by atoms with Crippen molar-refractivity contribution in [3.8, 4) is 6.01 Å². The fraction of sp³-hybridized carbons (Fsp3) is 0.348. The first-order chi connectivity index (χ1) is 18.7. The van der Waals surface area contributed by atoms with Crippen LogP contribution in [0, 0.1) is 5.82 Å². The van der Waals surface area contributed by atoms with Gasteiger partial charge < -0.3 is 15.4 Å². The van der Waals surface area contributed by atoms with E-state index in [4.69, 9.17) is 0 Å². The van der Waals surface area contributed by atoms with Crippen molar-refractivity contribution in [1.82, 2.24) is 19.3 Å². The highest BCUT2D eigenvalue weighted by atomic mass is 32.2. The molecule has 2 heterocycles. The van der Waals surface area contributed by atoms with Gasteiger partial charge in [-0.15, -0.1) is 0 Å². The molecule has 4 rings (SSSR count). The molecule has 0 radical (unpaired) electrons. The number of hydrogen-bond donors (Lipinski definition) is 2. The molecule has 0 amide bonds. The van der Waals surface area contributed by atoms with Crippen LogP contribution < -0.4 is 15.4 Å². The van der Waals surface area contributed by atoms with Crippen LogP contribution in [0.1, 0.15) is 18.4 Å². The first-order valence-corrected chi connectivity index (χ1v) is 13.1. The van der Waals surface area contributed by atoms with Crippen LogP contribution >= 0.6 is 0 Å². The van der Waals surface area contributed by atoms with Gasteiger partial charge in [0.2, 0.25) is 21.9 Å². The highest BCUT2D eigenvalue weighted by Gasteiger charge is 2.35. The van der Waals surface area contributed by atoms with Crippen molar-refractivity contribution in [1.29, 1.82) is 0 Å². The van der Waals surface area contributed by atoms with Crippen LogP contribution in [0.3, 0.4) is 0 Å². The van der Waals surface area contributed by atoms with E-state index in [0.29, 0.717) is 12.1 Å². The van der Waals surface area contributed by atoms with E-state index in [0.717, 1.165) is 6.07 Å². The Morgan fingerprint density at radius 1 is 0.925 bits per heavy atom. The molecule has 3 aromatic rings. The summed E-state index contributed by atoms with van der Waals surface area (Å²) in [5.41, 5.74) is -1.87. The van der Waals surface area contributed by atoms with E-state index in [2.05, 4.69) is 30.3 Å². The number of anilines is 3. The van der Waals surface area contributed by atoms with Crippen molar-refractivity contribution in [2.24, 2.45) is 0 Å².